The van der Waals surface area contributed by atoms with Gasteiger partial charge < -0.3 is 5.73 Å². The first kappa shape index (κ1) is 11.3. The first-order valence-corrected chi connectivity index (χ1v) is 4.47. The minimum Gasteiger partial charge on any atom is -0.370 e. The molecule has 0 radical (unpaired) electrons. The molecule has 1 fully saturated rings. The summed E-state index contributed by atoms with van der Waals surface area (Å²) in [5.41, 5.74) is 4.88. The first-order chi connectivity index (χ1) is 6.38. The van der Waals surface area contributed by atoms with Gasteiger partial charge in [-0.25, -0.2) is 0 Å². The molecule has 1 aliphatic rings. The fourth-order valence-corrected chi connectivity index (χ4v) is 1.31. The molecule has 1 rings (SSSR count). The summed E-state index contributed by atoms with van der Waals surface area (Å²) in [6.07, 6.45) is -2.63. The Balaban J connectivity index is 2.35. The zero-order valence-electron chi connectivity index (χ0n) is 7.68. The molecule has 1 amide bonds. The number of carbonyl (C=O) groups is 1. The number of nitrogens with zero attached hydrogens (tertiary/aromatic N) is 1. The minimum atomic E-state index is -4.19. The Morgan fingerprint density at radius 3 is 2.36 bits per heavy atom. The molecule has 82 valence electrons. The summed E-state index contributed by atoms with van der Waals surface area (Å²) < 4.78 is 36.2. The van der Waals surface area contributed by atoms with E-state index in [2.05, 4.69) is 0 Å². The number of amides is 1. The van der Waals surface area contributed by atoms with Crippen LogP contribution in [0.1, 0.15) is 19.3 Å². The summed E-state index contributed by atoms with van der Waals surface area (Å²) >= 11 is 0. The number of alkyl halides is 3. The maximum atomic E-state index is 12.1. The third-order valence-corrected chi connectivity index (χ3v) is 2.09. The van der Waals surface area contributed by atoms with Gasteiger partial charge in [-0.15, -0.1) is 0 Å². The molecular formula is C8H13F3N2O. The molecule has 0 aromatic heterocycles. The van der Waals surface area contributed by atoms with E-state index in [4.69, 9.17) is 5.73 Å². The molecule has 0 saturated heterocycles. The highest BCUT2D eigenvalue weighted by Gasteiger charge is 2.37. The molecule has 3 nitrogen and oxygen atoms in total. The largest absolute Gasteiger partial charge is 0.401 e. The van der Waals surface area contributed by atoms with Crippen LogP contribution in [0.5, 0.6) is 0 Å². The van der Waals surface area contributed by atoms with Crippen molar-refractivity contribution < 1.29 is 18.0 Å². The van der Waals surface area contributed by atoms with Gasteiger partial charge >= 0.3 is 6.18 Å². The topological polar surface area (TPSA) is 46.3 Å². The van der Waals surface area contributed by atoms with Crippen LogP contribution >= 0.6 is 0 Å². The van der Waals surface area contributed by atoms with Gasteiger partial charge in [0.15, 0.2) is 0 Å². The SMILES string of the molecule is NC(=O)CCN(CC(F)(F)F)C1CC1. The number of rotatable bonds is 5. The molecule has 0 aromatic rings. The fraction of sp³-hybridized carbons (Fsp3) is 0.875. The zero-order chi connectivity index (χ0) is 10.8. The lowest BCUT2D eigenvalue weighted by Gasteiger charge is -2.22. The van der Waals surface area contributed by atoms with Crippen molar-refractivity contribution in [2.45, 2.75) is 31.5 Å². The van der Waals surface area contributed by atoms with Crippen LogP contribution in [-0.2, 0) is 4.79 Å². The van der Waals surface area contributed by atoms with Gasteiger partial charge in [0.1, 0.15) is 0 Å². The third-order valence-electron chi connectivity index (χ3n) is 2.09. The summed E-state index contributed by atoms with van der Waals surface area (Å²) in [5, 5.41) is 0. The number of hydrogen-bond donors (Lipinski definition) is 1. The van der Waals surface area contributed by atoms with Crippen LogP contribution in [0, 0.1) is 0 Å². The van der Waals surface area contributed by atoms with E-state index < -0.39 is 18.6 Å². The van der Waals surface area contributed by atoms with E-state index in [1.54, 1.807) is 0 Å². The summed E-state index contributed by atoms with van der Waals surface area (Å²) in [4.78, 5) is 11.7. The van der Waals surface area contributed by atoms with Gasteiger partial charge in [-0.1, -0.05) is 0 Å². The van der Waals surface area contributed by atoms with Crippen molar-refractivity contribution in [2.75, 3.05) is 13.1 Å². The van der Waals surface area contributed by atoms with Gasteiger partial charge in [-0.3, -0.25) is 9.69 Å². The van der Waals surface area contributed by atoms with Gasteiger partial charge in [0.2, 0.25) is 5.91 Å². The summed E-state index contributed by atoms with van der Waals surface area (Å²) in [6.45, 7) is -0.829. The number of hydrogen-bond acceptors (Lipinski definition) is 2. The van der Waals surface area contributed by atoms with Crippen molar-refractivity contribution in [3.8, 4) is 0 Å². The normalized spacial score (nSPS) is 17.4. The van der Waals surface area contributed by atoms with E-state index in [0.29, 0.717) is 0 Å². The van der Waals surface area contributed by atoms with Crippen molar-refractivity contribution in [3.05, 3.63) is 0 Å². The Morgan fingerprint density at radius 2 is 2.00 bits per heavy atom. The lowest BCUT2D eigenvalue weighted by molar-refractivity contribution is -0.148. The first-order valence-electron chi connectivity index (χ1n) is 4.47. The standard InChI is InChI=1S/C8H13F3N2O/c9-8(10,11)5-13(6-1-2-6)4-3-7(12)14/h6H,1-5H2,(H2,12,14). The van der Waals surface area contributed by atoms with E-state index in [1.807, 2.05) is 0 Å². The Hall–Kier alpha value is -0.780. The Kier molecular flexibility index (Phi) is 3.36. The average Bonchev–Trinajstić information content (AvgIpc) is 2.77. The van der Waals surface area contributed by atoms with Gasteiger partial charge in [0.05, 0.1) is 6.54 Å². The molecule has 0 heterocycles. The van der Waals surface area contributed by atoms with E-state index in [1.165, 1.54) is 4.90 Å². The molecule has 0 unspecified atom stereocenters. The molecule has 0 aromatic carbocycles. The molecule has 0 bridgehead atoms. The van der Waals surface area contributed by atoms with Crippen LogP contribution in [0.2, 0.25) is 0 Å². The summed E-state index contributed by atoms with van der Waals surface area (Å²) in [6, 6.07) is -0.00373. The molecule has 2 N–H and O–H groups in total. The monoisotopic (exact) mass is 210 g/mol. The lowest BCUT2D eigenvalue weighted by atomic mass is 10.3. The van der Waals surface area contributed by atoms with Gasteiger partial charge in [-0.05, 0) is 12.8 Å². The molecule has 1 saturated carbocycles. The quantitative estimate of drug-likeness (QED) is 0.732. The van der Waals surface area contributed by atoms with E-state index in [9.17, 15) is 18.0 Å². The molecule has 6 heteroatoms. The predicted octanol–water partition coefficient (Wildman–Crippen LogP) is 0.889. The number of primary amides is 1. The second kappa shape index (κ2) is 4.16. The smallest absolute Gasteiger partial charge is 0.370 e. The van der Waals surface area contributed by atoms with Crippen LogP contribution in [0.3, 0.4) is 0 Å². The maximum Gasteiger partial charge on any atom is 0.401 e. The summed E-state index contributed by atoms with van der Waals surface area (Å²) in [5.74, 6) is -0.558. The maximum absolute atomic E-state index is 12.1. The molecule has 0 aliphatic heterocycles. The zero-order valence-corrected chi connectivity index (χ0v) is 7.68. The fourth-order valence-electron chi connectivity index (χ4n) is 1.31. The van der Waals surface area contributed by atoms with Crippen molar-refractivity contribution in [1.29, 1.82) is 0 Å². The van der Waals surface area contributed by atoms with E-state index in [0.717, 1.165) is 12.8 Å². The number of halogens is 3. The predicted molar refractivity (Wildman–Crippen MR) is 44.5 cm³/mol. The van der Waals surface area contributed by atoms with Crippen molar-refractivity contribution in [1.82, 2.24) is 4.90 Å². The lowest BCUT2D eigenvalue weighted by Crippen LogP contribution is -2.37. The van der Waals surface area contributed by atoms with Gasteiger partial charge in [0.25, 0.3) is 0 Å². The van der Waals surface area contributed by atoms with E-state index in [-0.39, 0.29) is 19.0 Å². The molecule has 1 aliphatic carbocycles. The minimum absolute atomic E-state index is 0.00373. The van der Waals surface area contributed by atoms with Crippen molar-refractivity contribution >= 4 is 5.91 Å². The van der Waals surface area contributed by atoms with Gasteiger partial charge in [0, 0.05) is 19.0 Å². The molecule has 14 heavy (non-hydrogen) atoms. The molecule has 0 atom stereocenters. The summed E-state index contributed by atoms with van der Waals surface area (Å²) in [7, 11) is 0. The average molecular weight is 210 g/mol. The van der Waals surface area contributed by atoms with Crippen LogP contribution in [0.15, 0.2) is 0 Å². The van der Waals surface area contributed by atoms with Crippen LogP contribution < -0.4 is 5.73 Å². The second-order valence-electron chi connectivity index (χ2n) is 3.53. The van der Waals surface area contributed by atoms with Crippen LogP contribution in [-0.4, -0.2) is 36.1 Å². The highest BCUT2D eigenvalue weighted by atomic mass is 19.4. The Bertz CT molecular complexity index is 213. The second-order valence-corrected chi connectivity index (χ2v) is 3.53. The van der Waals surface area contributed by atoms with Crippen molar-refractivity contribution in [3.63, 3.8) is 0 Å². The number of carbonyl (C=O) groups excluding carboxylic acids is 1. The van der Waals surface area contributed by atoms with E-state index >= 15 is 0 Å². The Labute approximate surface area is 80.0 Å². The number of nitrogens with two attached hydrogens (primary N) is 1. The molecular weight excluding hydrogens is 197 g/mol. The van der Waals surface area contributed by atoms with Crippen molar-refractivity contribution in [2.24, 2.45) is 5.73 Å². The van der Waals surface area contributed by atoms with Gasteiger partial charge in [-0.2, -0.15) is 13.2 Å². The third kappa shape index (κ3) is 4.45. The van der Waals surface area contributed by atoms with Crippen LogP contribution in [0.25, 0.3) is 0 Å². The molecule has 0 spiro atoms. The highest BCUT2D eigenvalue weighted by molar-refractivity contribution is 5.73. The highest BCUT2D eigenvalue weighted by Crippen LogP contribution is 2.29. The Morgan fingerprint density at radius 1 is 1.43 bits per heavy atom. The van der Waals surface area contributed by atoms with Crippen LogP contribution in [0.4, 0.5) is 13.2 Å².